The highest BCUT2D eigenvalue weighted by molar-refractivity contribution is 5.00. The zero-order valence-corrected chi connectivity index (χ0v) is 7.92. The Balaban J connectivity index is 2.20. The van der Waals surface area contributed by atoms with Crippen LogP contribution in [0.25, 0.3) is 0 Å². The van der Waals surface area contributed by atoms with Gasteiger partial charge in [-0.1, -0.05) is 5.16 Å². The summed E-state index contributed by atoms with van der Waals surface area (Å²) in [7, 11) is 0. The van der Waals surface area contributed by atoms with Crippen LogP contribution in [-0.2, 0) is 6.42 Å². The Kier molecular flexibility index (Phi) is 2.87. The molecule has 0 radical (unpaired) electrons. The van der Waals surface area contributed by atoms with E-state index in [1.165, 1.54) is 0 Å². The van der Waals surface area contributed by atoms with Crippen molar-refractivity contribution in [2.24, 2.45) is 0 Å². The van der Waals surface area contributed by atoms with E-state index in [-0.39, 0.29) is 5.54 Å². The first-order valence-electron chi connectivity index (χ1n) is 4.21. The fraction of sp³-hybridized carbons (Fsp3) is 0.667. The molecule has 3 heteroatoms. The van der Waals surface area contributed by atoms with Crippen molar-refractivity contribution < 1.29 is 4.52 Å². The van der Waals surface area contributed by atoms with Crippen molar-refractivity contribution in [2.45, 2.75) is 32.7 Å². The van der Waals surface area contributed by atoms with E-state index in [0.29, 0.717) is 0 Å². The van der Waals surface area contributed by atoms with Crippen LogP contribution in [0.1, 0.15) is 26.3 Å². The minimum Gasteiger partial charge on any atom is -0.364 e. The van der Waals surface area contributed by atoms with E-state index in [1.54, 1.807) is 12.5 Å². The molecule has 0 fully saturated rings. The molecule has 0 aliphatic heterocycles. The number of rotatable bonds is 3. The fourth-order valence-corrected chi connectivity index (χ4v) is 0.932. The molecular formula is C9H16N2O. The summed E-state index contributed by atoms with van der Waals surface area (Å²) in [6.45, 7) is 7.42. The lowest BCUT2D eigenvalue weighted by Gasteiger charge is -2.19. The van der Waals surface area contributed by atoms with Gasteiger partial charge in [0, 0.05) is 11.1 Å². The second-order valence-electron chi connectivity index (χ2n) is 3.96. The molecule has 68 valence electrons. The van der Waals surface area contributed by atoms with E-state index in [2.05, 4.69) is 31.2 Å². The molecule has 1 N–H and O–H groups in total. The third-order valence-corrected chi connectivity index (χ3v) is 1.55. The molecule has 0 aliphatic rings. The highest BCUT2D eigenvalue weighted by Gasteiger charge is 2.07. The smallest absolute Gasteiger partial charge is 0.127 e. The highest BCUT2D eigenvalue weighted by atomic mass is 16.5. The van der Waals surface area contributed by atoms with Gasteiger partial charge in [0.25, 0.3) is 0 Å². The van der Waals surface area contributed by atoms with Crippen LogP contribution in [-0.4, -0.2) is 17.2 Å². The Morgan fingerprint density at radius 3 is 2.75 bits per heavy atom. The topological polar surface area (TPSA) is 38.1 Å². The minimum absolute atomic E-state index is 0.192. The first-order valence-corrected chi connectivity index (χ1v) is 4.21. The number of nitrogens with zero attached hydrogens (tertiary/aromatic N) is 1. The largest absolute Gasteiger partial charge is 0.364 e. The standard InChI is InChI=1S/C9H16N2O/c1-9(2,3)10-5-4-8-6-11-12-7-8/h6-7,10H,4-5H2,1-3H3. The Morgan fingerprint density at radius 2 is 2.25 bits per heavy atom. The maximum absolute atomic E-state index is 4.72. The predicted octanol–water partition coefficient (Wildman–Crippen LogP) is 1.61. The van der Waals surface area contributed by atoms with Crippen LogP contribution in [0.3, 0.4) is 0 Å². The van der Waals surface area contributed by atoms with Gasteiger partial charge in [-0.15, -0.1) is 0 Å². The number of aromatic nitrogens is 1. The minimum atomic E-state index is 0.192. The van der Waals surface area contributed by atoms with Gasteiger partial charge in [0.2, 0.25) is 0 Å². The third-order valence-electron chi connectivity index (χ3n) is 1.55. The summed E-state index contributed by atoms with van der Waals surface area (Å²) in [4.78, 5) is 0. The molecule has 12 heavy (non-hydrogen) atoms. The van der Waals surface area contributed by atoms with Gasteiger partial charge in [0.05, 0.1) is 6.20 Å². The number of hydrogen-bond acceptors (Lipinski definition) is 3. The maximum Gasteiger partial charge on any atom is 0.127 e. The molecule has 1 heterocycles. The van der Waals surface area contributed by atoms with Crippen molar-refractivity contribution in [3.05, 3.63) is 18.0 Å². The molecule has 1 aromatic heterocycles. The quantitative estimate of drug-likeness (QED) is 0.745. The van der Waals surface area contributed by atoms with Crippen molar-refractivity contribution in [3.63, 3.8) is 0 Å². The number of hydrogen-bond donors (Lipinski definition) is 1. The van der Waals surface area contributed by atoms with Crippen LogP contribution in [0, 0.1) is 0 Å². The molecule has 3 nitrogen and oxygen atoms in total. The second kappa shape index (κ2) is 3.72. The normalized spacial score (nSPS) is 11.9. The lowest BCUT2D eigenvalue weighted by Crippen LogP contribution is -2.37. The van der Waals surface area contributed by atoms with E-state index in [9.17, 15) is 0 Å². The molecule has 1 rings (SSSR count). The molecule has 0 atom stereocenters. The van der Waals surface area contributed by atoms with Gasteiger partial charge in [-0.2, -0.15) is 0 Å². The molecule has 0 bridgehead atoms. The molecule has 0 amide bonds. The van der Waals surface area contributed by atoms with Crippen molar-refractivity contribution in [1.82, 2.24) is 10.5 Å². The van der Waals surface area contributed by atoms with Crippen LogP contribution in [0.15, 0.2) is 17.0 Å². The van der Waals surface area contributed by atoms with Gasteiger partial charge in [-0.05, 0) is 33.7 Å². The van der Waals surface area contributed by atoms with Gasteiger partial charge in [0.1, 0.15) is 6.26 Å². The molecule has 0 aromatic carbocycles. The first kappa shape index (κ1) is 9.26. The summed E-state index contributed by atoms with van der Waals surface area (Å²) in [5.74, 6) is 0. The Hall–Kier alpha value is -0.830. The summed E-state index contributed by atoms with van der Waals surface area (Å²) >= 11 is 0. The maximum atomic E-state index is 4.72. The van der Waals surface area contributed by atoms with Crippen molar-refractivity contribution in [2.75, 3.05) is 6.54 Å². The molecule has 0 aliphatic carbocycles. The Morgan fingerprint density at radius 1 is 1.50 bits per heavy atom. The van der Waals surface area contributed by atoms with Crippen LogP contribution < -0.4 is 5.32 Å². The van der Waals surface area contributed by atoms with Gasteiger partial charge in [-0.25, -0.2) is 0 Å². The van der Waals surface area contributed by atoms with Crippen LogP contribution >= 0.6 is 0 Å². The zero-order valence-electron chi connectivity index (χ0n) is 7.92. The van der Waals surface area contributed by atoms with E-state index in [1.807, 2.05) is 0 Å². The van der Waals surface area contributed by atoms with Gasteiger partial charge < -0.3 is 9.84 Å². The van der Waals surface area contributed by atoms with Crippen molar-refractivity contribution in [3.8, 4) is 0 Å². The molecule has 0 unspecified atom stereocenters. The summed E-state index contributed by atoms with van der Waals surface area (Å²) in [6, 6.07) is 0. The summed E-state index contributed by atoms with van der Waals surface area (Å²) in [5, 5.41) is 7.03. The molecule has 1 aromatic rings. The van der Waals surface area contributed by atoms with Crippen molar-refractivity contribution >= 4 is 0 Å². The summed E-state index contributed by atoms with van der Waals surface area (Å²) in [6.07, 6.45) is 4.41. The van der Waals surface area contributed by atoms with Crippen LogP contribution in [0.2, 0.25) is 0 Å². The van der Waals surface area contributed by atoms with E-state index in [4.69, 9.17) is 4.52 Å². The SMILES string of the molecule is CC(C)(C)NCCc1cnoc1. The van der Waals surface area contributed by atoms with E-state index in [0.717, 1.165) is 18.5 Å². The molecule has 0 saturated heterocycles. The van der Waals surface area contributed by atoms with Gasteiger partial charge >= 0.3 is 0 Å². The predicted molar refractivity (Wildman–Crippen MR) is 48.0 cm³/mol. The van der Waals surface area contributed by atoms with Crippen molar-refractivity contribution in [1.29, 1.82) is 0 Å². The molecule has 0 spiro atoms. The third kappa shape index (κ3) is 3.53. The monoisotopic (exact) mass is 168 g/mol. The number of nitrogens with one attached hydrogen (secondary N) is 1. The average molecular weight is 168 g/mol. The van der Waals surface area contributed by atoms with E-state index < -0.39 is 0 Å². The fourth-order valence-electron chi connectivity index (χ4n) is 0.932. The molecule has 0 saturated carbocycles. The van der Waals surface area contributed by atoms with Gasteiger partial charge in [0.15, 0.2) is 0 Å². The summed E-state index contributed by atoms with van der Waals surface area (Å²) < 4.78 is 4.72. The van der Waals surface area contributed by atoms with Crippen LogP contribution in [0.4, 0.5) is 0 Å². The van der Waals surface area contributed by atoms with Gasteiger partial charge in [-0.3, -0.25) is 0 Å². The lowest BCUT2D eigenvalue weighted by molar-refractivity contribution is 0.416. The summed E-state index contributed by atoms with van der Waals surface area (Å²) in [5.41, 5.74) is 1.34. The highest BCUT2D eigenvalue weighted by Crippen LogP contribution is 2.00. The van der Waals surface area contributed by atoms with Crippen LogP contribution in [0.5, 0.6) is 0 Å². The zero-order chi connectivity index (χ0) is 9.03. The lowest BCUT2D eigenvalue weighted by atomic mass is 10.1. The average Bonchev–Trinajstić information content (AvgIpc) is 2.36. The second-order valence-corrected chi connectivity index (χ2v) is 3.96. The molecular weight excluding hydrogens is 152 g/mol. The Bertz CT molecular complexity index is 211. The van der Waals surface area contributed by atoms with E-state index >= 15 is 0 Å². The first-order chi connectivity index (χ1) is 5.58. The Labute approximate surface area is 73.1 Å².